The molecule has 1 amide bonds. The first-order valence-electron chi connectivity index (χ1n) is 7.52. The van der Waals surface area contributed by atoms with E-state index in [2.05, 4.69) is 5.32 Å². The summed E-state index contributed by atoms with van der Waals surface area (Å²) in [7, 11) is 1.67. The van der Waals surface area contributed by atoms with Gasteiger partial charge in [0.05, 0.1) is 6.04 Å². The molecule has 24 heavy (non-hydrogen) atoms. The van der Waals surface area contributed by atoms with Gasteiger partial charge in [-0.15, -0.1) is 12.4 Å². The maximum Gasteiger partial charge on any atom is 0.254 e. The van der Waals surface area contributed by atoms with Crippen molar-refractivity contribution in [2.24, 2.45) is 0 Å². The third kappa shape index (κ3) is 3.42. The Kier molecular flexibility index (Phi) is 5.57. The van der Waals surface area contributed by atoms with Gasteiger partial charge in [-0.1, -0.05) is 12.1 Å². The van der Waals surface area contributed by atoms with Gasteiger partial charge in [-0.05, 0) is 47.9 Å². The molecule has 1 N–H and O–H groups in total. The van der Waals surface area contributed by atoms with E-state index in [0.29, 0.717) is 11.1 Å². The fourth-order valence-electron chi connectivity index (χ4n) is 2.80. The Balaban J connectivity index is 0.00000208. The number of fused-ring (bicyclic) bond motifs is 1. The molecule has 0 radical (unpaired) electrons. The second-order valence-electron chi connectivity index (χ2n) is 5.85. The standard InChI is InChI=1S/C18H18F2N2O.ClH/c1-11(12-5-6-16(19)17(20)8-12)22(2)18(23)13-3-4-14-9-21-10-15(14)7-13;/h3-8,11,21H,9-10H2,1-2H3;1H. The monoisotopic (exact) mass is 352 g/mol. The molecule has 2 aromatic carbocycles. The minimum Gasteiger partial charge on any atom is -0.335 e. The highest BCUT2D eigenvalue weighted by Gasteiger charge is 2.21. The molecule has 6 heteroatoms. The number of amides is 1. The van der Waals surface area contributed by atoms with E-state index in [-0.39, 0.29) is 24.4 Å². The first kappa shape index (κ1) is 18.4. The smallest absolute Gasteiger partial charge is 0.254 e. The van der Waals surface area contributed by atoms with Crippen molar-refractivity contribution in [3.63, 3.8) is 0 Å². The van der Waals surface area contributed by atoms with Gasteiger partial charge in [0.25, 0.3) is 5.91 Å². The van der Waals surface area contributed by atoms with E-state index in [0.717, 1.165) is 30.8 Å². The van der Waals surface area contributed by atoms with Crippen molar-refractivity contribution in [1.82, 2.24) is 10.2 Å². The van der Waals surface area contributed by atoms with Gasteiger partial charge in [0, 0.05) is 25.7 Å². The van der Waals surface area contributed by atoms with Crippen molar-refractivity contribution in [3.8, 4) is 0 Å². The van der Waals surface area contributed by atoms with E-state index in [1.165, 1.54) is 16.5 Å². The molecule has 1 unspecified atom stereocenters. The number of carbonyl (C=O) groups is 1. The summed E-state index contributed by atoms with van der Waals surface area (Å²) in [6.45, 7) is 3.38. The summed E-state index contributed by atoms with van der Waals surface area (Å²) in [4.78, 5) is 14.2. The second kappa shape index (κ2) is 7.28. The molecule has 0 fully saturated rings. The number of halogens is 3. The quantitative estimate of drug-likeness (QED) is 0.910. The zero-order valence-electron chi connectivity index (χ0n) is 13.5. The molecule has 2 aromatic rings. The summed E-state index contributed by atoms with van der Waals surface area (Å²) in [5.41, 5.74) is 3.49. The van der Waals surface area contributed by atoms with Crippen LogP contribution in [-0.4, -0.2) is 17.9 Å². The van der Waals surface area contributed by atoms with Crippen molar-refractivity contribution < 1.29 is 13.6 Å². The van der Waals surface area contributed by atoms with Crippen molar-refractivity contribution in [1.29, 1.82) is 0 Å². The molecule has 128 valence electrons. The number of hydrogen-bond donors (Lipinski definition) is 1. The maximum atomic E-state index is 13.4. The van der Waals surface area contributed by atoms with Crippen LogP contribution in [0.15, 0.2) is 36.4 Å². The van der Waals surface area contributed by atoms with Crippen LogP contribution < -0.4 is 5.32 Å². The van der Waals surface area contributed by atoms with E-state index in [1.54, 1.807) is 14.0 Å². The van der Waals surface area contributed by atoms with Crippen LogP contribution in [-0.2, 0) is 13.1 Å². The molecule has 0 saturated heterocycles. The molecule has 0 aromatic heterocycles. The zero-order chi connectivity index (χ0) is 16.6. The Morgan fingerprint density at radius 3 is 2.50 bits per heavy atom. The number of nitrogens with zero attached hydrogens (tertiary/aromatic N) is 1. The minimum atomic E-state index is -0.904. The molecule has 0 bridgehead atoms. The number of carbonyl (C=O) groups excluding carboxylic acids is 1. The SMILES string of the molecule is CC(c1ccc(F)c(F)c1)N(C)C(=O)c1ccc2c(c1)CNC2.Cl. The normalized spacial score (nSPS) is 13.8. The molecular weight excluding hydrogens is 334 g/mol. The van der Waals surface area contributed by atoms with E-state index >= 15 is 0 Å². The van der Waals surface area contributed by atoms with Crippen LogP contribution >= 0.6 is 12.4 Å². The first-order chi connectivity index (χ1) is 11.0. The van der Waals surface area contributed by atoms with Crippen LogP contribution in [0.2, 0.25) is 0 Å². The lowest BCUT2D eigenvalue weighted by atomic mass is 10.0. The molecule has 1 atom stereocenters. The summed E-state index contributed by atoms with van der Waals surface area (Å²) < 4.78 is 26.4. The van der Waals surface area contributed by atoms with Crippen LogP contribution in [0.5, 0.6) is 0 Å². The topological polar surface area (TPSA) is 32.3 Å². The van der Waals surface area contributed by atoms with Gasteiger partial charge in [0.1, 0.15) is 0 Å². The third-order valence-electron chi connectivity index (χ3n) is 4.41. The minimum absolute atomic E-state index is 0. The van der Waals surface area contributed by atoms with Crippen LogP contribution in [0.25, 0.3) is 0 Å². The Hall–Kier alpha value is -1.98. The van der Waals surface area contributed by atoms with Gasteiger partial charge in [-0.2, -0.15) is 0 Å². The Bertz CT molecular complexity index is 767. The summed E-state index contributed by atoms with van der Waals surface area (Å²) in [5.74, 6) is -1.93. The van der Waals surface area contributed by atoms with Gasteiger partial charge in [-0.3, -0.25) is 4.79 Å². The molecule has 0 saturated carbocycles. The highest BCUT2D eigenvalue weighted by Crippen LogP contribution is 2.24. The van der Waals surface area contributed by atoms with Crippen LogP contribution in [0.1, 0.15) is 40.0 Å². The van der Waals surface area contributed by atoms with Crippen molar-refractivity contribution in [2.75, 3.05) is 7.05 Å². The van der Waals surface area contributed by atoms with Gasteiger partial charge >= 0.3 is 0 Å². The van der Waals surface area contributed by atoms with Gasteiger partial charge in [0.2, 0.25) is 0 Å². The number of nitrogens with one attached hydrogen (secondary N) is 1. The fourth-order valence-corrected chi connectivity index (χ4v) is 2.80. The summed E-state index contributed by atoms with van der Waals surface area (Å²) in [6.07, 6.45) is 0. The molecule has 1 heterocycles. The molecule has 3 nitrogen and oxygen atoms in total. The van der Waals surface area contributed by atoms with Crippen LogP contribution in [0.3, 0.4) is 0 Å². The number of rotatable bonds is 3. The molecular formula is C18H19ClF2N2O. The summed E-state index contributed by atoms with van der Waals surface area (Å²) >= 11 is 0. The van der Waals surface area contributed by atoms with Crippen molar-refractivity contribution >= 4 is 18.3 Å². The Morgan fingerprint density at radius 2 is 1.79 bits per heavy atom. The summed E-state index contributed by atoms with van der Waals surface area (Å²) in [6, 6.07) is 9.02. The summed E-state index contributed by atoms with van der Waals surface area (Å²) in [5, 5.41) is 3.24. The van der Waals surface area contributed by atoms with Crippen molar-refractivity contribution in [3.05, 3.63) is 70.3 Å². The maximum absolute atomic E-state index is 13.4. The van der Waals surface area contributed by atoms with E-state index < -0.39 is 11.6 Å². The fraction of sp³-hybridized carbons (Fsp3) is 0.278. The number of hydrogen-bond acceptors (Lipinski definition) is 2. The molecule has 0 spiro atoms. The zero-order valence-corrected chi connectivity index (χ0v) is 14.3. The first-order valence-corrected chi connectivity index (χ1v) is 7.52. The van der Waals surface area contributed by atoms with E-state index in [9.17, 15) is 13.6 Å². The Morgan fingerprint density at radius 1 is 1.08 bits per heavy atom. The van der Waals surface area contributed by atoms with Gasteiger partial charge in [0.15, 0.2) is 11.6 Å². The predicted molar refractivity (Wildman–Crippen MR) is 91.1 cm³/mol. The lowest BCUT2D eigenvalue weighted by molar-refractivity contribution is 0.0742. The lowest BCUT2D eigenvalue weighted by Gasteiger charge is -2.25. The Labute approximate surface area is 146 Å². The predicted octanol–water partition coefficient (Wildman–Crippen LogP) is 3.82. The average molecular weight is 353 g/mol. The molecule has 1 aliphatic heterocycles. The highest BCUT2D eigenvalue weighted by atomic mass is 35.5. The third-order valence-corrected chi connectivity index (χ3v) is 4.41. The van der Waals surface area contributed by atoms with Crippen LogP contribution in [0.4, 0.5) is 8.78 Å². The number of benzene rings is 2. The van der Waals surface area contributed by atoms with E-state index in [4.69, 9.17) is 0 Å². The average Bonchev–Trinajstić information content (AvgIpc) is 3.02. The van der Waals surface area contributed by atoms with Gasteiger partial charge in [-0.25, -0.2) is 8.78 Å². The second-order valence-corrected chi connectivity index (χ2v) is 5.85. The van der Waals surface area contributed by atoms with Crippen molar-refractivity contribution in [2.45, 2.75) is 26.1 Å². The molecule has 0 aliphatic carbocycles. The lowest BCUT2D eigenvalue weighted by Crippen LogP contribution is -2.29. The molecule has 1 aliphatic rings. The van der Waals surface area contributed by atoms with Gasteiger partial charge < -0.3 is 10.2 Å². The largest absolute Gasteiger partial charge is 0.335 e. The van der Waals surface area contributed by atoms with E-state index in [1.807, 2.05) is 18.2 Å². The molecule has 3 rings (SSSR count). The van der Waals surface area contributed by atoms with Crippen LogP contribution in [0, 0.1) is 11.6 Å². The highest BCUT2D eigenvalue weighted by molar-refractivity contribution is 5.94.